The maximum Gasteiger partial charge on any atom is 0.260 e. The molecule has 2 N–H and O–H groups in total. The summed E-state index contributed by atoms with van der Waals surface area (Å²) in [6, 6.07) is 0. The first kappa shape index (κ1) is 10.5. The molecule has 0 aliphatic carbocycles. The minimum Gasteiger partial charge on any atom is -0.352 e. The lowest BCUT2D eigenvalue weighted by atomic mass is 10.2. The number of halogens is 2. The number of alkyl halides is 2. The quantitative estimate of drug-likeness (QED) is 0.519. The van der Waals surface area contributed by atoms with E-state index in [9.17, 15) is 0 Å². The zero-order chi connectivity index (χ0) is 8.20. The Morgan fingerprint density at radius 2 is 2.00 bits per heavy atom. The lowest BCUT2D eigenvalue weighted by molar-refractivity contribution is -0.0871. The van der Waals surface area contributed by atoms with Gasteiger partial charge in [0.05, 0.1) is 0 Å². The lowest BCUT2D eigenvalue weighted by Gasteiger charge is -2.18. The van der Waals surface area contributed by atoms with Crippen LogP contribution in [0.5, 0.6) is 0 Å². The number of hydrogen-bond donors (Lipinski definition) is 2. The van der Waals surface area contributed by atoms with E-state index in [-0.39, 0.29) is 0 Å². The highest BCUT2D eigenvalue weighted by Gasteiger charge is 2.29. The van der Waals surface area contributed by atoms with Gasteiger partial charge in [0.2, 0.25) is 0 Å². The van der Waals surface area contributed by atoms with Crippen LogP contribution in [0, 0.1) is 0 Å². The van der Waals surface area contributed by atoms with Crippen LogP contribution in [0.1, 0.15) is 26.2 Å². The zero-order valence-electron chi connectivity index (χ0n) is 5.85. The second kappa shape index (κ2) is 4.39. The molecule has 0 spiro atoms. The summed E-state index contributed by atoms with van der Waals surface area (Å²) in [4.78, 5) is 0. The largest absolute Gasteiger partial charge is 0.352 e. The highest BCUT2D eigenvalue weighted by molar-refractivity contribution is 6.30. The van der Waals surface area contributed by atoms with Gasteiger partial charge in [0, 0.05) is 0 Å². The molecule has 0 aliphatic heterocycles. The predicted octanol–water partition coefficient (Wildman–Crippen LogP) is 1.66. The molecule has 0 aliphatic rings. The molecule has 0 radical (unpaired) electrons. The molecule has 1 unspecified atom stereocenters. The summed E-state index contributed by atoms with van der Waals surface area (Å²) in [5, 5.41) is 14.4. The molecule has 0 fully saturated rings. The van der Waals surface area contributed by atoms with Crippen molar-refractivity contribution in [3.63, 3.8) is 0 Å². The molecular formula is C6H12Cl2O2. The first-order valence-electron chi connectivity index (χ1n) is 3.26. The molecule has 10 heavy (non-hydrogen) atoms. The summed E-state index contributed by atoms with van der Waals surface area (Å²) >= 11 is 10.6. The number of rotatable bonds is 4. The summed E-state index contributed by atoms with van der Waals surface area (Å²) in [6.45, 7) is 1.99. The predicted molar refractivity (Wildman–Crippen MR) is 42.2 cm³/mol. The average Bonchev–Trinajstić information content (AvgIpc) is 1.80. The van der Waals surface area contributed by atoms with E-state index in [1.165, 1.54) is 0 Å². The van der Waals surface area contributed by atoms with Crippen molar-refractivity contribution in [2.24, 2.45) is 0 Å². The highest BCUT2D eigenvalue weighted by Crippen LogP contribution is 2.22. The van der Waals surface area contributed by atoms with Crippen LogP contribution in [0.25, 0.3) is 0 Å². The number of hydrogen-bond acceptors (Lipinski definition) is 2. The van der Waals surface area contributed by atoms with Gasteiger partial charge in [-0.25, -0.2) is 0 Å². The van der Waals surface area contributed by atoms with Crippen molar-refractivity contribution in [1.29, 1.82) is 0 Å². The van der Waals surface area contributed by atoms with Crippen molar-refractivity contribution >= 4 is 23.2 Å². The van der Waals surface area contributed by atoms with E-state index < -0.39 is 10.6 Å². The van der Waals surface area contributed by atoms with E-state index in [1.807, 2.05) is 6.92 Å². The van der Waals surface area contributed by atoms with Gasteiger partial charge in [-0.2, -0.15) is 0 Å². The Bertz CT molecular complexity index is 90.2. The Labute approximate surface area is 70.8 Å². The fourth-order valence-electron chi connectivity index (χ4n) is 0.567. The molecule has 0 amide bonds. The van der Waals surface area contributed by atoms with E-state index in [2.05, 4.69) is 0 Å². The van der Waals surface area contributed by atoms with E-state index in [0.717, 1.165) is 12.8 Å². The monoisotopic (exact) mass is 186 g/mol. The van der Waals surface area contributed by atoms with E-state index in [1.54, 1.807) is 0 Å². The zero-order valence-corrected chi connectivity index (χ0v) is 7.36. The van der Waals surface area contributed by atoms with Crippen molar-refractivity contribution in [3.8, 4) is 0 Å². The van der Waals surface area contributed by atoms with Crippen LogP contribution in [0.3, 0.4) is 0 Å². The molecule has 4 heteroatoms. The fourth-order valence-corrected chi connectivity index (χ4v) is 0.830. The first-order valence-corrected chi connectivity index (χ1v) is 4.07. The van der Waals surface area contributed by atoms with Gasteiger partial charge in [0.25, 0.3) is 5.25 Å². The van der Waals surface area contributed by atoms with Gasteiger partial charge in [-0.1, -0.05) is 31.4 Å². The standard InChI is InChI=1S/C6H12Cl2O2/c1-2-3-4-5(7)6(8,9)10/h5,9-10H,2-4H2,1H3. The molecule has 0 rings (SSSR count). The third-order valence-electron chi connectivity index (χ3n) is 1.21. The highest BCUT2D eigenvalue weighted by atomic mass is 35.5. The number of unbranched alkanes of at least 4 members (excludes halogenated alkanes) is 1. The van der Waals surface area contributed by atoms with Gasteiger partial charge in [-0.05, 0) is 6.42 Å². The molecule has 62 valence electrons. The Morgan fingerprint density at radius 1 is 1.50 bits per heavy atom. The number of aliphatic hydroxyl groups is 2. The molecular weight excluding hydrogens is 175 g/mol. The van der Waals surface area contributed by atoms with Gasteiger partial charge in [0.1, 0.15) is 5.38 Å². The van der Waals surface area contributed by atoms with Crippen molar-refractivity contribution in [1.82, 2.24) is 0 Å². The SMILES string of the molecule is CCCCC(Cl)C(O)(O)Cl. The second-order valence-corrected chi connectivity index (χ2v) is 3.33. The van der Waals surface area contributed by atoms with Gasteiger partial charge in [-0.3, -0.25) is 0 Å². The lowest BCUT2D eigenvalue weighted by Crippen LogP contribution is -2.31. The second-order valence-electron chi connectivity index (χ2n) is 2.25. The van der Waals surface area contributed by atoms with Gasteiger partial charge in [0.15, 0.2) is 0 Å². The molecule has 0 aromatic carbocycles. The van der Waals surface area contributed by atoms with Crippen LogP contribution in [0.15, 0.2) is 0 Å². The molecule has 0 aromatic heterocycles. The van der Waals surface area contributed by atoms with Crippen LogP contribution in [0.2, 0.25) is 0 Å². The minimum atomic E-state index is -2.25. The topological polar surface area (TPSA) is 40.5 Å². The third kappa shape index (κ3) is 4.34. The summed E-state index contributed by atoms with van der Waals surface area (Å²) in [5.74, 6) is 0. The van der Waals surface area contributed by atoms with E-state index >= 15 is 0 Å². The molecule has 0 heterocycles. The molecule has 0 saturated carbocycles. The molecule has 0 aromatic rings. The molecule has 0 bridgehead atoms. The summed E-state index contributed by atoms with van der Waals surface area (Å²) < 4.78 is 0. The van der Waals surface area contributed by atoms with E-state index in [4.69, 9.17) is 33.4 Å². The Balaban J connectivity index is 3.52. The Kier molecular flexibility index (Phi) is 4.61. The van der Waals surface area contributed by atoms with Crippen LogP contribution in [-0.4, -0.2) is 20.8 Å². The average molecular weight is 187 g/mol. The summed E-state index contributed by atoms with van der Waals surface area (Å²) in [5.41, 5.74) is 0. The normalized spacial score (nSPS) is 15.3. The maximum absolute atomic E-state index is 8.70. The summed E-state index contributed by atoms with van der Waals surface area (Å²) in [7, 11) is 0. The van der Waals surface area contributed by atoms with Gasteiger partial charge < -0.3 is 10.2 Å². The van der Waals surface area contributed by atoms with Crippen molar-refractivity contribution < 1.29 is 10.2 Å². The Hall–Kier alpha value is 0.500. The maximum atomic E-state index is 8.70. The minimum absolute atomic E-state index is 0.522. The van der Waals surface area contributed by atoms with Crippen molar-refractivity contribution in [2.45, 2.75) is 36.8 Å². The Morgan fingerprint density at radius 3 is 2.30 bits per heavy atom. The molecule has 1 atom stereocenters. The van der Waals surface area contributed by atoms with Crippen LogP contribution in [0.4, 0.5) is 0 Å². The summed E-state index contributed by atoms with van der Waals surface area (Å²) in [6.07, 6.45) is 2.34. The van der Waals surface area contributed by atoms with Crippen LogP contribution >= 0.6 is 23.2 Å². The third-order valence-corrected chi connectivity index (χ3v) is 2.11. The van der Waals surface area contributed by atoms with Gasteiger partial charge >= 0.3 is 0 Å². The first-order chi connectivity index (χ1) is 4.48. The fraction of sp³-hybridized carbons (Fsp3) is 1.00. The van der Waals surface area contributed by atoms with Crippen molar-refractivity contribution in [2.75, 3.05) is 0 Å². The van der Waals surface area contributed by atoms with Crippen molar-refractivity contribution in [3.05, 3.63) is 0 Å². The van der Waals surface area contributed by atoms with E-state index in [0.29, 0.717) is 6.42 Å². The van der Waals surface area contributed by atoms with Gasteiger partial charge in [-0.15, -0.1) is 11.6 Å². The molecule has 2 nitrogen and oxygen atoms in total. The smallest absolute Gasteiger partial charge is 0.260 e. The van der Waals surface area contributed by atoms with Crippen LogP contribution < -0.4 is 0 Å². The van der Waals surface area contributed by atoms with Crippen LogP contribution in [-0.2, 0) is 0 Å². The molecule has 0 saturated heterocycles.